The zero-order valence-electron chi connectivity index (χ0n) is 17.1. The van der Waals surface area contributed by atoms with Crippen molar-refractivity contribution in [2.75, 3.05) is 26.2 Å². The molecule has 2 saturated heterocycles. The summed E-state index contributed by atoms with van der Waals surface area (Å²) in [4.78, 5) is 33.6. The van der Waals surface area contributed by atoms with Crippen molar-refractivity contribution < 1.29 is 9.59 Å². The van der Waals surface area contributed by atoms with Gasteiger partial charge in [-0.05, 0) is 60.6 Å². The molecule has 2 amide bonds. The lowest BCUT2D eigenvalue weighted by atomic mass is 9.92. The molecule has 0 unspecified atom stereocenters. The maximum atomic E-state index is 13.0. The third-order valence-electron chi connectivity index (χ3n) is 6.39. The van der Waals surface area contributed by atoms with Gasteiger partial charge in [-0.15, -0.1) is 5.10 Å². The van der Waals surface area contributed by atoms with E-state index in [-0.39, 0.29) is 11.8 Å². The van der Waals surface area contributed by atoms with Gasteiger partial charge in [0.25, 0.3) is 5.91 Å². The predicted molar refractivity (Wildman–Crippen MR) is 116 cm³/mol. The molecule has 2 aromatic heterocycles. The van der Waals surface area contributed by atoms with E-state index in [9.17, 15) is 9.59 Å². The quantitative estimate of drug-likeness (QED) is 0.662. The van der Waals surface area contributed by atoms with Gasteiger partial charge in [-0.3, -0.25) is 19.7 Å². The van der Waals surface area contributed by atoms with Crippen molar-refractivity contribution in [3.63, 3.8) is 0 Å². The van der Waals surface area contributed by atoms with Gasteiger partial charge < -0.3 is 9.80 Å². The number of rotatable bonds is 3. The Hall–Kier alpha value is -3.55. The van der Waals surface area contributed by atoms with Crippen LogP contribution in [0.25, 0.3) is 17.1 Å². The first-order chi connectivity index (χ1) is 15.2. The molecular weight excluding hydrogens is 392 g/mol. The molecule has 8 heteroatoms. The van der Waals surface area contributed by atoms with E-state index in [1.807, 2.05) is 40.1 Å². The molecule has 2 aliphatic heterocycles. The highest BCUT2D eigenvalue weighted by Gasteiger charge is 2.37. The zero-order chi connectivity index (χ0) is 21.2. The fourth-order valence-electron chi connectivity index (χ4n) is 4.64. The summed E-state index contributed by atoms with van der Waals surface area (Å²) in [5.41, 5.74) is 3.09. The van der Waals surface area contributed by atoms with Crippen LogP contribution in [0.2, 0.25) is 0 Å². The number of carbonyl (C=O) groups is 2. The van der Waals surface area contributed by atoms with E-state index >= 15 is 0 Å². The summed E-state index contributed by atoms with van der Waals surface area (Å²) in [7, 11) is 0. The molecular formula is C23H24N6O2. The number of aromatic amines is 1. The number of benzene rings is 1. The van der Waals surface area contributed by atoms with Crippen LogP contribution in [0.4, 0.5) is 0 Å². The second-order valence-electron chi connectivity index (χ2n) is 8.30. The van der Waals surface area contributed by atoms with E-state index < -0.39 is 0 Å². The summed E-state index contributed by atoms with van der Waals surface area (Å²) in [6.07, 6.45) is 8.74. The monoisotopic (exact) mass is 416 g/mol. The van der Waals surface area contributed by atoms with Crippen LogP contribution in [0.3, 0.4) is 0 Å². The largest absolute Gasteiger partial charge is 0.339 e. The molecule has 0 bridgehead atoms. The number of nitrogens with one attached hydrogen (secondary N) is 1. The third-order valence-corrected chi connectivity index (χ3v) is 6.39. The van der Waals surface area contributed by atoms with E-state index in [0.29, 0.717) is 22.9 Å². The molecule has 0 radical (unpaired) electrons. The summed E-state index contributed by atoms with van der Waals surface area (Å²) in [5, 5.41) is 10.6. The minimum absolute atomic E-state index is 0.0395. The number of amides is 2. The number of likely N-dealkylation sites (tertiary alicyclic amines) is 2. The number of H-pyrrole nitrogens is 1. The van der Waals surface area contributed by atoms with Gasteiger partial charge in [-0.25, -0.2) is 0 Å². The predicted octanol–water partition coefficient (Wildman–Crippen LogP) is 2.38. The van der Waals surface area contributed by atoms with Gasteiger partial charge in [0.15, 0.2) is 0 Å². The fourth-order valence-corrected chi connectivity index (χ4v) is 4.64. The summed E-state index contributed by atoms with van der Waals surface area (Å²) in [6.45, 7) is 2.94. The summed E-state index contributed by atoms with van der Waals surface area (Å²) < 4.78 is 0. The Labute approximate surface area is 179 Å². The Bertz CT molecular complexity index is 1110. The minimum atomic E-state index is 0.0395. The van der Waals surface area contributed by atoms with E-state index in [2.05, 4.69) is 20.4 Å². The lowest BCUT2D eigenvalue weighted by molar-refractivity contribution is -0.126. The Balaban J connectivity index is 1.19. The van der Waals surface area contributed by atoms with Crippen molar-refractivity contribution in [3.8, 4) is 0 Å². The lowest BCUT2D eigenvalue weighted by Gasteiger charge is -2.21. The van der Waals surface area contributed by atoms with Crippen LogP contribution < -0.4 is 0 Å². The molecule has 2 atom stereocenters. The second kappa shape index (κ2) is 8.29. The topological polar surface area (TPSA) is 95.1 Å². The average Bonchev–Trinajstić information content (AvgIpc) is 3.39. The molecule has 4 heterocycles. The Morgan fingerprint density at radius 2 is 1.87 bits per heavy atom. The maximum Gasteiger partial charge on any atom is 0.253 e. The van der Waals surface area contributed by atoms with Gasteiger partial charge in [-0.1, -0.05) is 11.3 Å². The van der Waals surface area contributed by atoms with Crippen molar-refractivity contribution in [2.24, 2.45) is 11.8 Å². The summed E-state index contributed by atoms with van der Waals surface area (Å²) >= 11 is 0. The maximum absolute atomic E-state index is 13.0. The zero-order valence-corrected chi connectivity index (χ0v) is 17.1. The summed E-state index contributed by atoms with van der Waals surface area (Å²) in [6, 6.07) is 9.25. The average molecular weight is 416 g/mol. The normalized spacial score (nSPS) is 21.4. The molecule has 158 valence electrons. The smallest absolute Gasteiger partial charge is 0.253 e. The number of fused-ring (bicyclic) bond motifs is 2. The van der Waals surface area contributed by atoms with E-state index in [1.54, 1.807) is 24.5 Å². The van der Waals surface area contributed by atoms with Crippen LogP contribution in [-0.2, 0) is 4.79 Å². The van der Waals surface area contributed by atoms with Crippen LogP contribution in [0.5, 0.6) is 0 Å². The lowest BCUT2D eigenvalue weighted by Crippen LogP contribution is -2.33. The highest BCUT2D eigenvalue weighted by molar-refractivity contribution is 5.97. The third kappa shape index (κ3) is 4.05. The van der Waals surface area contributed by atoms with Crippen molar-refractivity contribution >= 4 is 28.9 Å². The first-order valence-corrected chi connectivity index (χ1v) is 10.6. The van der Waals surface area contributed by atoms with Gasteiger partial charge in [-0.2, -0.15) is 0 Å². The van der Waals surface area contributed by atoms with Crippen LogP contribution in [-0.4, -0.2) is 68.2 Å². The molecule has 8 nitrogen and oxygen atoms in total. The highest BCUT2D eigenvalue weighted by atomic mass is 16.2. The van der Waals surface area contributed by atoms with Crippen LogP contribution in [0.15, 0.2) is 48.8 Å². The molecule has 31 heavy (non-hydrogen) atoms. The van der Waals surface area contributed by atoms with Crippen molar-refractivity contribution in [3.05, 3.63) is 59.9 Å². The van der Waals surface area contributed by atoms with Gasteiger partial charge in [0.2, 0.25) is 5.91 Å². The molecule has 2 fully saturated rings. The first kappa shape index (κ1) is 19.4. The summed E-state index contributed by atoms with van der Waals surface area (Å²) in [5.74, 6) is 0.947. The minimum Gasteiger partial charge on any atom is -0.339 e. The first-order valence-electron chi connectivity index (χ1n) is 10.6. The number of hydrogen-bond donors (Lipinski definition) is 1. The standard InChI is InChI=1S/C23H24N6O2/c30-22(6-3-16-2-1-9-24-13-16)28-10-7-18-14-29(15-19(18)8-11-28)23(31)17-4-5-20-21(12-17)26-27-25-20/h1-6,9,12-13,18-19H,7-8,10-11,14-15H2,(H,25,26,27)/t18-,19+. The molecule has 3 aromatic rings. The van der Waals surface area contributed by atoms with Gasteiger partial charge in [0.05, 0.1) is 5.52 Å². The molecule has 1 aromatic carbocycles. The fraction of sp³-hybridized carbons (Fsp3) is 0.348. The number of carbonyl (C=O) groups excluding carboxylic acids is 2. The highest BCUT2D eigenvalue weighted by Crippen LogP contribution is 2.32. The van der Waals surface area contributed by atoms with E-state index in [0.717, 1.165) is 50.1 Å². The molecule has 0 saturated carbocycles. The Morgan fingerprint density at radius 1 is 1.06 bits per heavy atom. The number of aromatic nitrogens is 4. The Morgan fingerprint density at radius 3 is 2.61 bits per heavy atom. The van der Waals surface area contributed by atoms with Crippen LogP contribution >= 0.6 is 0 Å². The van der Waals surface area contributed by atoms with Crippen molar-refractivity contribution in [1.82, 2.24) is 30.2 Å². The molecule has 0 spiro atoms. The Kier molecular flexibility index (Phi) is 5.19. The van der Waals surface area contributed by atoms with E-state index in [4.69, 9.17) is 0 Å². The van der Waals surface area contributed by atoms with Crippen LogP contribution in [0.1, 0.15) is 28.8 Å². The van der Waals surface area contributed by atoms with Gasteiger partial charge in [0.1, 0.15) is 5.52 Å². The number of pyridine rings is 1. The molecule has 5 rings (SSSR count). The van der Waals surface area contributed by atoms with Gasteiger partial charge in [0, 0.05) is 50.2 Å². The molecule has 2 aliphatic rings. The van der Waals surface area contributed by atoms with Gasteiger partial charge >= 0.3 is 0 Å². The van der Waals surface area contributed by atoms with Crippen molar-refractivity contribution in [2.45, 2.75) is 12.8 Å². The van der Waals surface area contributed by atoms with Crippen molar-refractivity contribution in [1.29, 1.82) is 0 Å². The second-order valence-corrected chi connectivity index (χ2v) is 8.30. The SMILES string of the molecule is O=C(C=Cc1cccnc1)N1CC[C@@H]2CN(C(=O)c3ccc4[nH]nnc4c3)C[C@@H]2CC1. The molecule has 1 N–H and O–H groups in total. The molecule has 0 aliphatic carbocycles. The number of nitrogens with zero attached hydrogens (tertiary/aromatic N) is 5. The van der Waals surface area contributed by atoms with E-state index in [1.165, 1.54) is 0 Å². The number of hydrogen-bond acceptors (Lipinski definition) is 5. The van der Waals surface area contributed by atoms with Crippen LogP contribution in [0, 0.1) is 11.8 Å².